The Hall–Kier alpha value is -3.95. The third-order valence-corrected chi connectivity index (χ3v) is 8.81. The second-order valence-corrected chi connectivity index (χ2v) is 14.4. The van der Waals surface area contributed by atoms with E-state index in [1.807, 2.05) is 24.3 Å². The number of aromatic nitrogens is 4. The number of benzene rings is 4. The number of hydrogen-bond donors (Lipinski definition) is 1. The van der Waals surface area contributed by atoms with Crippen molar-refractivity contribution in [3.8, 4) is 28.4 Å². The summed E-state index contributed by atoms with van der Waals surface area (Å²) < 4.78 is 2.33. The van der Waals surface area contributed by atoms with E-state index in [0.29, 0.717) is 5.52 Å². The van der Waals surface area contributed by atoms with Crippen LogP contribution in [-0.4, -0.2) is 19.6 Å². The van der Waals surface area contributed by atoms with Gasteiger partial charge in [0.25, 0.3) is 0 Å². The molecule has 45 heavy (non-hydrogen) atoms. The molecule has 7 rings (SSSR count). The van der Waals surface area contributed by atoms with Gasteiger partial charge in [-0.25, -0.2) is 9.97 Å². The van der Waals surface area contributed by atoms with E-state index in [0.717, 1.165) is 50.1 Å². The number of hydrogen-bond acceptors (Lipinski definition) is 3. The van der Waals surface area contributed by atoms with Gasteiger partial charge in [0, 0.05) is 43.6 Å². The molecule has 0 spiro atoms. The molecule has 0 atom stereocenters. The maximum Gasteiger partial charge on any atom is 0.141 e. The zero-order valence-electron chi connectivity index (χ0n) is 27.1. The maximum atomic E-state index is 10.6. The molecule has 7 aromatic rings. The van der Waals surface area contributed by atoms with E-state index in [-0.39, 0.29) is 43.7 Å². The first kappa shape index (κ1) is 31.0. The molecule has 6 heteroatoms. The first-order chi connectivity index (χ1) is 20.8. The SMILES string of the molecule is CC(C)n1c(-c2cc(C(C)(C)C)cc3c2[n-]c2ccc(C(C)(C)C)cc23)nc2c(-c3ccc4cccc(O)c4n3)cccc21.[Pt]. The molecule has 0 amide bonds. The molecule has 5 nitrogen and oxygen atoms in total. The van der Waals surface area contributed by atoms with Gasteiger partial charge in [0.05, 0.1) is 16.7 Å². The molecule has 0 saturated heterocycles. The second-order valence-electron chi connectivity index (χ2n) is 14.4. The Morgan fingerprint density at radius 1 is 0.711 bits per heavy atom. The van der Waals surface area contributed by atoms with E-state index in [1.54, 1.807) is 6.07 Å². The fourth-order valence-corrected chi connectivity index (χ4v) is 6.32. The van der Waals surface area contributed by atoms with Crippen molar-refractivity contribution in [2.24, 2.45) is 0 Å². The van der Waals surface area contributed by atoms with Crippen LogP contribution >= 0.6 is 0 Å². The minimum atomic E-state index is -0.0645. The molecular weight excluding hydrogens is 736 g/mol. The molecule has 0 saturated carbocycles. The van der Waals surface area contributed by atoms with Gasteiger partial charge in [-0.05, 0) is 70.8 Å². The van der Waals surface area contributed by atoms with Crippen LogP contribution in [0.3, 0.4) is 0 Å². The molecule has 0 bridgehead atoms. The van der Waals surface area contributed by atoms with Crippen LogP contribution in [0.5, 0.6) is 5.75 Å². The molecule has 0 fully saturated rings. The van der Waals surface area contributed by atoms with Crippen LogP contribution in [0.25, 0.3) is 66.4 Å². The number of phenols is 1. The molecule has 232 valence electrons. The number of para-hydroxylation sites is 2. The van der Waals surface area contributed by atoms with Gasteiger partial charge in [-0.1, -0.05) is 96.1 Å². The standard InChI is InChI=1S/C39H39N4O.Pt/c1-22(2)43-32-13-10-12-26(30-17-15-23-11-9-14-33(44)34(23)40-30)36(32)42-37(43)29-21-25(39(6,7)8)20-28-27-19-24(38(3,4)5)16-18-31(27)41-35(28)29;/h9-22H,1-8H3,(H-,40,41,42,44);/q-1;. The quantitative estimate of drug-likeness (QED) is 0.194. The smallest absolute Gasteiger partial charge is 0.141 e. The van der Waals surface area contributed by atoms with Crippen molar-refractivity contribution in [2.75, 3.05) is 0 Å². The van der Waals surface area contributed by atoms with E-state index >= 15 is 0 Å². The Labute approximate surface area is 279 Å². The number of nitrogens with zero attached hydrogens (tertiary/aromatic N) is 4. The van der Waals surface area contributed by atoms with Crippen LogP contribution in [0, 0.1) is 0 Å². The Kier molecular flexibility index (Phi) is 7.48. The third kappa shape index (κ3) is 5.16. The molecular formula is C39H39N4OPt-. The van der Waals surface area contributed by atoms with Crippen LogP contribution in [0.15, 0.2) is 78.9 Å². The van der Waals surface area contributed by atoms with Crippen molar-refractivity contribution in [1.29, 1.82) is 0 Å². The van der Waals surface area contributed by atoms with Crippen molar-refractivity contribution >= 4 is 43.7 Å². The van der Waals surface area contributed by atoms with Gasteiger partial charge in [-0.3, -0.25) is 0 Å². The summed E-state index contributed by atoms with van der Waals surface area (Å²) >= 11 is 0. The van der Waals surface area contributed by atoms with Crippen molar-refractivity contribution in [2.45, 2.75) is 72.3 Å². The average molecular weight is 775 g/mol. The van der Waals surface area contributed by atoms with Crippen molar-refractivity contribution < 1.29 is 26.2 Å². The molecule has 1 N–H and O–H groups in total. The number of imidazole rings is 1. The molecule has 0 radical (unpaired) electrons. The minimum Gasteiger partial charge on any atom is -0.656 e. The molecule has 4 aromatic carbocycles. The average Bonchev–Trinajstić information content (AvgIpc) is 3.54. The van der Waals surface area contributed by atoms with Crippen molar-refractivity contribution in [3.63, 3.8) is 0 Å². The van der Waals surface area contributed by atoms with Gasteiger partial charge >= 0.3 is 0 Å². The second kappa shape index (κ2) is 10.8. The van der Waals surface area contributed by atoms with Gasteiger partial charge in [0.15, 0.2) is 0 Å². The Balaban J connectivity index is 0.00000357. The number of phenolic OH excluding ortho intramolecular Hbond substituents is 1. The van der Waals surface area contributed by atoms with Gasteiger partial charge in [0.1, 0.15) is 17.1 Å². The van der Waals surface area contributed by atoms with E-state index < -0.39 is 0 Å². The summed E-state index contributed by atoms with van der Waals surface area (Å²) in [5, 5.41) is 13.8. The first-order valence-corrected chi connectivity index (χ1v) is 15.5. The summed E-state index contributed by atoms with van der Waals surface area (Å²) in [6.07, 6.45) is 0. The van der Waals surface area contributed by atoms with Gasteiger partial charge in [0.2, 0.25) is 0 Å². The third-order valence-electron chi connectivity index (χ3n) is 8.81. The fraction of sp³-hybridized carbons (Fsp3) is 0.282. The zero-order chi connectivity index (χ0) is 31.1. The van der Waals surface area contributed by atoms with Crippen LogP contribution in [-0.2, 0) is 31.9 Å². The molecule has 3 aromatic heterocycles. The van der Waals surface area contributed by atoms with E-state index in [1.165, 1.54) is 21.9 Å². The van der Waals surface area contributed by atoms with Crippen LogP contribution in [0.1, 0.15) is 72.6 Å². The minimum absolute atomic E-state index is 0. The van der Waals surface area contributed by atoms with E-state index in [9.17, 15) is 5.11 Å². The summed E-state index contributed by atoms with van der Waals surface area (Å²) in [6, 6.07) is 27.3. The van der Waals surface area contributed by atoms with Gasteiger partial charge in [-0.2, -0.15) is 0 Å². The van der Waals surface area contributed by atoms with Crippen molar-refractivity contribution in [1.82, 2.24) is 19.5 Å². The van der Waals surface area contributed by atoms with Crippen LogP contribution < -0.4 is 4.98 Å². The molecule has 0 unspecified atom stereocenters. The molecule has 3 heterocycles. The topological polar surface area (TPSA) is 65.0 Å². The molecule has 0 aliphatic heterocycles. The Bertz CT molecular complexity index is 2240. The Morgan fingerprint density at radius 2 is 1.42 bits per heavy atom. The number of fused-ring (bicyclic) bond motifs is 5. The largest absolute Gasteiger partial charge is 0.656 e. The fourth-order valence-electron chi connectivity index (χ4n) is 6.32. The number of pyridine rings is 1. The zero-order valence-corrected chi connectivity index (χ0v) is 29.4. The summed E-state index contributed by atoms with van der Waals surface area (Å²) in [5.41, 5.74) is 9.80. The van der Waals surface area contributed by atoms with E-state index in [2.05, 4.69) is 108 Å². The maximum absolute atomic E-state index is 10.6. The first-order valence-electron chi connectivity index (χ1n) is 15.5. The van der Waals surface area contributed by atoms with Crippen LogP contribution in [0.4, 0.5) is 0 Å². The van der Waals surface area contributed by atoms with Crippen LogP contribution in [0.2, 0.25) is 0 Å². The summed E-state index contributed by atoms with van der Waals surface area (Å²) in [5.74, 6) is 1.08. The van der Waals surface area contributed by atoms with Gasteiger partial charge < -0.3 is 14.7 Å². The summed E-state index contributed by atoms with van der Waals surface area (Å²) in [7, 11) is 0. The molecule has 0 aliphatic rings. The Morgan fingerprint density at radius 3 is 2.13 bits per heavy atom. The summed E-state index contributed by atoms with van der Waals surface area (Å²) in [6.45, 7) is 18.0. The van der Waals surface area contributed by atoms with E-state index in [4.69, 9.17) is 15.0 Å². The number of rotatable bonds is 3. The number of aromatic hydroxyl groups is 1. The summed E-state index contributed by atoms with van der Waals surface area (Å²) in [4.78, 5) is 15.5. The predicted molar refractivity (Wildman–Crippen MR) is 184 cm³/mol. The monoisotopic (exact) mass is 774 g/mol. The van der Waals surface area contributed by atoms with Crippen molar-refractivity contribution in [3.05, 3.63) is 90.0 Å². The molecule has 0 aliphatic carbocycles. The normalized spacial score (nSPS) is 12.6. The van der Waals surface area contributed by atoms with Gasteiger partial charge in [-0.15, -0.1) is 11.0 Å². The predicted octanol–water partition coefficient (Wildman–Crippen LogP) is 10.1.